The number of ether oxygens (including phenoxy) is 4. The minimum Gasteiger partial charge on any atom is -0.497 e. The fraction of sp³-hybridized carbons (Fsp3) is 0.282. The number of hydrogen-bond acceptors (Lipinski definition) is 8. The van der Waals surface area contributed by atoms with Crippen molar-refractivity contribution in [3.63, 3.8) is 0 Å². The van der Waals surface area contributed by atoms with E-state index in [4.69, 9.17) is 18.9 Å². The number of anilines is 1. The van der Waals surface area contributed by atoms with Crippen LogP contribution in [0.5, 0.6) is 23.0 Å². The molecule has 0 atom stereocenters. The minimum absolute atomic E-state index is 0. The first-order valence-corrected chi connectivity index (χ1v) is 16.0. The van der Waals surface area contributed by atoms with E-state index in [9.17, 15) is 0 Å². The lowest BCUT2D eigenvalue weighted by Crippen LogP contribution is -2.44. The Labute approximate surface area is 314 Å². The molecule has 50 heavy (non-hydrogen) atoms. The maximum Gasteiger partial charge on any atom is 0.203 e. The van der Waals surface area contributed by atoms with Crippen molar-refractivity contribution >= 4 is 42.9 Å². The fourth-order valence-corrected chi connectivity index (χ4v) is 6.35. The van der Waals surface area contributed by atoms with E-state index in [0.717, 1.165) is 67.3 Å². The first-order chi connectivity index (χ1) is 23.1. The second-order valence-corrected chi connectivity index (χ2v) is 11.7. The van der Waals surface area contributed by atoms with Crippen LogP contribution in [0, 0.1) is 0 Å². The predicted octanol–water partition coefficient (Wildman–Crippen LogP) is 8.78. The molecule has 266 valence electrons. The summed E-state index contributed by atoms with van der Waals surface area (Å²) in [5, 5.41) is 0. The largest absolute Gasteiger partial charge is 0.497 e. The SMILES string of the molecule is COc1ccc(N(Cc2ccnc(-c3ccccc3)c2)C2CCN(Cc3ccnc(-c4cc(OC)c(OC)c(OC)c4)c3)CC2)cc1.Cl.Cl.Cl. The zero-order valence-electron chi connectivity index (χ0n) is 28.8. The van der Waals surface area contributed by atoms with Gasteiger partial charge >= 0.3 is 0 Å². The molecule has 0 N–H and O–H groups in total. The maximum absolute atomic E-state index is 5.57. The van der Waals surface area contributed by atoms with Gasteiger partial charge in [0, 0.05) is 61.4 Å². The molecular formula is C39H45Cl3N4O4. The zero-order valence-corrected chi connectivity index (χ0v) is 31.2. The van der Waals surface area contributed by atoms with Crippen LogP contribution in [0.1, 0.15) is 24.0 Å². The molecule has 0 bridgehead atoms. The van der Waals surface area contributed by atoms with Gasteiger partial charge in [0.1, 0.15) is 5.75 Å². The van der Waals surface area contributed by atoms with E-state index < -0.39 is 0 Å². The molecule has 0 amide bonds. The number of likely N-dealkylation sites (tertiary alicyclic amines) is 1. The van der Waals surface area contributed by atoms with E-state index >= 15 is 0 Å². The smallest absolute Gasteiger partial charge is 0.203 e. The van der Waals surface area contributed by atoms with Crippen molar-refractivity contribution in [2.24, 2.45) is 0 Å². The molecule has 3 aromatic carbocycles. The molecule has 1 aliphatic rings. The summed E-state index contributed by atoms with van der Waals surface area (Å²) in [6.45, 7) is 3.68. The lowest BCUT2D eigenvalue weighted by molar-refractivity contribution is 0.201. The fourth-order valence-electron chi connectivity index (χ4n) is 6.35. The number of methoxy groups -OCH3 is 4. The van der Waals surface area contributed by atoms with E-state index in [1.165, 1.54) is 16.8 Å². The normalized spacial score (nSPS) is 12.8. The number of rotatable bonds is 12. The molecule has 0 saturated carbocycles. The summed E-state index contributed by atoms with van der Waals surface area (Å²) in [5.74, 6) is 2.66. The Hall–Kier alpha value is -4.21. The number of piperidine rings is 1. The maximum atomic E-state index is 5.57. The molecule has 0 aliphatic carbocycles. The van der Waals surface area contributed by atoms with Crippen LogP contribution in [0.15, 0.2) is 103 Å². The summed E-state index contributed by atoms with van der Waals surface area (Å²) in [6.07, 6.45) is 5.93. The molecular weight excluding hydrogens is 695 g/mol. The van der Waals surface area contributed by atoms with E-state index in [1.54, 1.807) is 28.4 Å². The molecule has 1 aliphatic heterocycles. The number of aromatic nitrogens is 2. The van der Waals surface area contributed by atoms with Crippen molar-refractivity contribution in [2.45, 2.75) is 32.0 Å². The number of pyridine rings is 2. The first kappa shape index (κ1) is 40.2. The van der Waals surface area contributed by atoms with Gasteiger partial charge in [0.25, 0.3) is 0 Å². The average Bonchev–Trinajstić information content (AvgIpc) is 3.14. The van der Waals surface area contributed by atoms with Crippen LogP contribution < -0.4 is 23.8 Å². The Morgan fingerprint density at radius 1 is 0.640 bits per heavy atom. The van der Waals surface area contributed by atoms with Crippen LogP contribution in [0.25, 0.3) is 22.5 Å². The van der Waals surface area contributed by atoms with E-state index in [0.29, 0.717) is 23.3 Å². The second-order valence-electron chi connectivity index (χ2n) is 11.7. The molecule has 0 spiro atoms. The lowest BCUT2D eigenvalue weighted by Gasteiger charge is -2.40. The van der Waals surface area contributed by atoms with Gasteiger partial charge < -0.3 is 23.8 Å². The zero-order chi connectivity index (χ0) is 32.6. The Morgan fingerprint density at radius 3 is 1.80 bits per heavy atom. The van der Waals surface area contributed by atoms with Crippen molar-refractivity contribution in [2.75, 3.05) is 46.4 Å². The Bertz CT molecular complexity index is 1750. The molecule has 5 aromatic rings. The van der Waals surface area contributed by atoms with Crippen molar-refractivity contribution in [3.8, 4) is 45.5 Å². The van der Waals surface area contributed by atoms with Gasteiger partial charge in [-0.3, -0.25) is 14.9 Å². The van der Waals surface area contributed by atoms with Gasteiger partial charge in [-0.2, -0.15) is 0 Å². The Balaban J connectivity index is 0.00000225. The van der Waals surface area contributed by atoms with Gasteiger partial charge in [0.15, 0.2) is 11.5 Å². The topological polar surface area (TPSA) is 69.2 Å². The summed E-state index contributed by atoms with van der Waals surface area (Å²) in [6, 6.07) is 31.7. The highest BCUT2D eigenvalue weighted by atomic mass is 35.5. The number of benzene rings is 3. The highest BCUT2D eigenvalue weighted by Gasteiger charge is 2.26. The number of hydrogen-bond donors (Lipinski definition) is 0. The van der Waals surface area contributed by atoms with Crippen molar-refractivity contribution < 1.29 is 18.9 Å². The molecule has 11 heteroatoms. The quantitative estimate of drug-likeness (QED) is 0.126. The van der Waals surface area contributed by atoms with Crippen LogP contribution >= 0.6 is 37.2 Å². The summed E-state index contributed by atoms with van der Waals surface area (Å²) >= 11 is 0. The summed E-state index contributed by atoms with van der Waals surface area (Å²) < 4.78 is 22.1. The van der Waals surface area contributed by atoms with E-state index in [1.807, 2.05) is 30.6 Å². The van der Waals surface area contributed by atoms with E-state index in [-0.39, 0.29) is 37.2 Å². The first-order valence-electron chi connectivity index (χ1n) is 16.0. The number of nitrogens with zero attached hydrogens (tertiary/aromatic N) is 4. The molecule has 0 unspecified atom stereocenters. The summed E-state index contributed by atoms with van der Waals surface area (Å²) in [7, 11) is 6.58. The van der Waals surface area contributed by atoms with Gasteiger partial charge in [-0.1, -0.05) is 30.3 Å². The highest BCUT2D eigenvalue weighted by Crippen LogP contribution is 2.41. The molecule has 2 aromatic heterocycles. The van der Waals surface area contributed by atoms with Crippen molar-refractivity contribution in [1.29, 1.82) is 0 Å². The van der Waals surface area contributed by atoms with Crippen LogP contribution in [0.4, 0.5) is 5.69 Å². The van der Waals surface area contributed by atoms with Crippen LogP contribution in [0.2, 0.25) is 0 Å². The average molecular weight is 740 g/mol. The molecule has 3 heterocycles. The molecule has 1 saturated heterocycles. The standard InChI is InChI=1S/C39H42N4O4.3ClH/c1-44-34-12-10-32(11-13-34)43(27-29-15-19-40-35(23-29)30-8-6-5-7-9-30)33-16-20-42(21-17-33)26-28-14-18-41-36(22-28)31-24-37(45-2)39(47-4)38(25-31)46-3;;;/h5-15,18-19,22-25,33H,16-17,20-21,26-27H2,1-4H3;3*1H. The molecule has 8 nitrogen and oxygen atoms in total. The molecule has 0 radical (unpaired) electrons. The van der Waals surface area contributed by atoms with Crippen LogP contribution in [-0.2, 0) is 13.1 Å². The van der Waals surface area contributed by atoms with E-state index in [2.05, 4.69) is 92.6 Å². The van der Waals surface area contributed by atoms with Crippen LogP contribution in [0.3, 0.4) is 0 Å². The van der Waals surface area contributed by atoms with Gasteiger partial charge in [0.05, 0.1) is 39.8 Å². The van der Waals surface area contributed by atoms with Gasteiger partial charge in [-0.05, 0) is 84.6 Å². The second kappa shape index (κ2) is 19.3. The predicted molar refractivity (Wildman–Crippen MR) is 208 cm³/mol. The van der Waals surface area contributed by atoms with Crippen molar-refractivity contribution in [3.05, 3.63) is 115 Å². The van der Waals surface area contributed by atoms with Gasteiger partial charge in [-0.15, -0.1) is 37.2 Å². The number of halogens is 3. The van der Waals surface area contributed by atoms with Crippen LogP contribution in [-0.4, -0.2) is 62.4 Å². The van der Waals surface area contributed by atoms with Crippen molar-refractivity contribution in [1.82, 2.24) is 14.9 Å². The monoisotopic (exact) mass is 738 g/mol. The minimum atomic E-state index is 0. The summed E-state index contributed by atoms with van der Waals surface area (Å²) in [4.78, 5) is 14.4. The molecule has 6 rings (SSSR count). The Morgan fingerprint density at radius 2 is 1.22 bits per heavy atom. The lowest BCUT2D eigenvalue weighted by atomic mass is 10.00. The van der Waals surface area contributed by atoms with Gasteiger partial charge in [-0.25, -0.2) is 0 Å². The third-order valence-corrected chi connectivity index (χ3v) is 8.84. The highest BCUT2D eigenvalue weighted by molar-refractivity contribution is 5.86. The third kappa shape index (κ3) is 9.52. The third-order valence-electron chi connectivity index (χ3n) is 8.84. The van der Waals surface area contributed by atoms with Gasteiger partial charge in [0.2, 0.25) is 5.75 Å². The Kier molecular flexibility index (Phi) is 15.5. The summed E-state index contributed by atoms with van der Waals surface area (Å²) in [5.41, 5.74) is 7.58. The molecule has 1 fully saturated rings.